The Labute approximate surface area is 62.3 Å². The van der Waals surface area contributed by atoms with Crippen LogP contribution in [0.25, 0.3) is 0 Å². The summed E-state index contributed by atoms with van der Waals surface area (Å²) in [6.07, 6.45) is 4.53. The Hall–Kier alpha value is -0.500. The van der Waals surface area contributed by atoms with Gasteiger partial charge in [0.15, 0.2) is 0 Å². The van der Waals surface area contributed by atoms with E-state index in [9.17, 15) is 0 Å². The van der Waals surface area contributed by atoms with Gasteiger partial charge in [-0.15, -0.1) is 0 Å². The highest BCUT2D eigenvalue weighted by Gasteiger charge is 2.15. The molecule has 0 amide bonds. The molecule has 1 rings (SSSR count). The van der Waals surface area contributed by atoms with Gasteiger partial charge in [-0.2, -0.15) is 0 Å². The van der Waals surface area contributed by atoms with Crippen molar-refractivity contribution in [3.8, 4) is 0 Å². The quantitative estimate of drug-likeness (QED) is 0.639. The minimum Gasteiger partial charge on any atom is -0.496 e. The number of rotatable bonds is 3. The van der Waals surface area contributed by atoms with E-state index < -0.39 is 0 Å². The molecule has 1 aliphatic rings. The monoisotopic (exact) mass is 141 g/mol. The van der Waals surface area contributed by atoms with Crippen molar-refractivity contribution in [2.24, 2.45) is 0 Å². The van der Waals surface area contributed by atoms with Gasteiger partial charge < -0.3 is 10.1 Å². The van der Waals surface area contributed by atoms with E-state index in [4.69, 9.17) is 4.74 Å². The highest BCUT2D eigenvalue weighted by Crippen LogP contribution is 2.19. The van der Waals surface area contributed by atoms with Crippen molar-refractivity contribution in [2.45, 2.75) is 25.9 Å². The molecule has 0 aliphatic carbocycles. The maximum Gasteiger partial charge on any atom is 0.114 e. The minimum atomic E-state index is 0.389. The van der Waals surface area contributed by atoms with Crippen LogP contribution in [-0.4, -0.2) is 19.7 Å². The van der Waals surface area contributed by atoms with E-state index in [0.717, 1.165) is 19.4 Å². The molecule has 1 atom stereocenters. The molecule has 0 aromatic heterocycles. The van der Waals surface area contributed by atoms with Crippen molar-refractivity contribution < 1.29 is 4.74 Å². The molecule has 2 heteroatoms. The van der Waals surface area contributed by atoms with E-state index >= 15 is 0 Å². The zero-order chi connectivity index (χ0) is 7.40. The summed E-state index contributed by atoms with van der Waals surface area (Å²) in [4.78, 5) is 0. The van der Waals surface area contributed by atoms with Crippen LogP contribution >= 0.6 is 0 Å². The van der Waals surface area contributed by atoms with Crippen molar-refractivity contribution in [3.05, 3.63) is 11.8 Å². The van der Waals surface area contributed by atoms with Gasteiger partial charge in [0, 0.05) is 13.0 Å². The molecule has 10 heavy (non-hydrogen) atoms. The zero-order valence-corrected chi connectivity index (χ0v) is 6.68. The largest absolute Gasteiger partial charge is 0.496 e. The van der Waals surface area contributed by atoms with E-state index in [2.05, 4.69) is 12.2 Å². The van der Waals surface area contributed by atoms with Crippen molar-refractivity contribution in [2.75, 3.05) is 13.6 Å². The van der Waals surface area contributed by atoms with Gasteiger partial charge >= 0.3 is 0 Å². The van der Waals surface area contributed by atoms with Crippen LogP contribution in [0.1, 0.15) is 19.8 Å². The van der Waals surface area contributed by atoms with Crippen LogP contribution < -0.4 is 5.32 Å². The molecule has 0 saturated heterocycles. The highest BCUT2D eigenvalue weighted by molar-refractivity contribution is 5.04. The van der Waals surface area contributed by atoms with Gasteiger partial charge in [-0.25, -0.2) is 0 Å². The third kappa shape index (κ3) is 1.74. The smallest absolute Gasteiger partial charge is 0.114 e. The number of hydrogen-bond acceptors (Lipinski definition) is 2. The Bertz CT molecular complexity index is 131. The van der Waals surface area contributed by atoms with Gasteiger partial charge in [-0.1, -0.05) is 6.92 Å². The van der Waals surface area contributed by atoms with E-state index in [1.54, 1.807) is 0 Å². The van der Waals surface area contributed by atoms with Crippen LogP contribution in [0, 0.1) is 0 Å². The number of likely N-dealkylation sites (N-methyl/N-ethyl adjacent to an activating group) is 1. The van der Waals surface area contributed by atoms with E-state index in [1.807, 2.05) is 13.3 Å². The molecule has 1 unspecified atom stereocenters. The van der Waals surface area contributed by atoms with Crippen LogP contribution in [0.15, 0.2) is 11.8 Å². The Morgan fingerprint density at radius 3 is 3.10 bits per heavy atom. The Morgan fingerprint density at radius 1 is 1.80 bits per heavy atom. The summed E-state index contributed by atoms with van der Waals surface area (Å²) in [5.41, 5.74) is 1.43. The summed E-state index contributed by atoms with van der Waals surface area (Å²) in [6.45, 7) is 3.12. The predicted molar refractivity (Wildman–Crippen MR) is 41.8 cm³/mol. The number of hydrogen-bond donors (Lipinski definition) is 1. The lowest BCUT2D eigenvalue weighted by molar-refractivity contribution is 0.170. The summed E-state index contributed by atoms with van der Waals surface area (Å²) in [5, 5.41) is 3.10. The second kappa shape index (κ2) is 3.62. The number of ether oxygens (including phenoxy) is 1. The molecule has 0 aromatic carbocycles. The molecular formula is C8H15NO. The SMILES string of the molecule is CCC1=COC(CNC)C1. The highest BCUT2D eigenvalue weighted by atomic mass is 16.5. The van der Waals surface area contributed by atoms with Crippen molar-refractivity contribution in [1.29, 1.82) is 0 Å². The fraction of sp³-hybridized carbons (Fsp3) is 0.750. The molecule has 2 nitrogen and oxygen atoms in total. The van der Waals surface area contributed by atoms with Crippen LogP contribution in [0.4, 0.5) is 0 Å². The first kappa shape index (κ1) is 7.61. The molecule has 0 fully saturated rings. The van der Waals surface area contributed by atoms with Crippen molar-refractivity contribution in [3.63, 3.8) is 0 Å². The first-order valence-electron chi connectivity index (χ1n) is 3.84. The summed E-state index contributed by atoms with van der Waals surface area (Å²) < 4.78 is 5.37. The molecule has 0 saturated carbocycles. The lowest BCUT2D eigenvalue weighted by Gasteiger charge is -2.07. The molecule has 0 radical (unpaired) electrons. The lowest BCUT2D eigenvalue weighted by atomic mass is 10.1. The second-order valence-corrected chi connectivity index (χ2v) is 2.65. The molecule has 0 spiro atoms. The van der Waals surface area contributed by atoms with E-state index in [0.29, 0.717) is 6.10 Å². The molecule has 1 N–H and O–H groups in total. The second-order valence-electron chi connectivity index (χ2n) is 2.65. The average Bonchev–Trinajstić information content (AvgIpc) is 2.37. The van der Waals surface area contributed by atoms with Gasteiger partial charge in [0.2, 0.25) is 0 Å². The maximum absolute atomic E-state index is 5.37. The lowest BCUT2D eigenvalue weighted by Crippen LogP contribution is -2.22. The standard InChI is InChI=1S/C8H15NO/c1-3-7-4-8(5-9-2)10-6-7/h6,8-9H,3-5H2,1-2H3. The van der Waals surface area contributed by atoms with Gasteiger partial charge in [0.1, 0.15) is 6.10 Å². The third-order valence-electron chi connectivity index (χ3n) is 1.80. The molecule has 0 aromatic rings. The van der Waals surface area contributed by atoms with Crippen LogP contribution in [0.2, 0.25) is 0 Å². The summed E-state index contributed by atoms with van der Waals surface area (Å²) in [7, 11) is 1.95. The Morgan fingerprint density at radius 2 is 2.60 bits per heavy atom. The van der Waals surface area contributed by atoms with Crippen LogP contribution in [0.5, 0.6) is 0 Å². The summed E-state index contributed by atoms with van der Waals surface area (Å²) in [6, 6.07) is 0. The Kier molecular flexibility index (Phi) is 2.75. The minimum absolute atomic E-state index is 0.389. The topological polar surface area (TPSA) is 21.3 Å². The predicted octanol–water partition coefficient (Wildman–Crippen LogP) is 1.29. The molecule has 1 aliphatic heterocycles. The average molecular weight is 141 g/mol. The first-order valence-corrected chi connectivity index (χ1v) is 3.84. The third-order valence-corrected chi connectivity index (χ3v) is 1.80. The van der Waals surface area contributed by atoms with E-state index in [-0.39, 0.29) is 0 Å². The summed E-state index contributed by atoms with van der Waals surface area (Å²) in [5.74, 6) is 0. The molecule has 0 bridgehead atoms. The number of nitrogens with one attached hydrogen (secondary N) is 1. The van der Waals surface area contributed by atoms with Gasteiger partial charge in [-0.3, -0.25) is 0 Å². The fourth-order valence-corrected chi connectivity index (χ4v) is 1.16. The fourth-order valence-electron chi connectivity index (χ4n) is 1.16. The zero-order valence-electron chi connectivity index (χ0n) is 6.68. The van der Waals surface area contributed by atoms with Crippen molar-refractivity contribution >= 4 is 0 Å². The maximum atomic E-state index is 5.37. The molecule has 1 heterocycles. The molecular weight excluding hydrogens is 126 g/mol. The Balaban J connectivity index is 2.22. The van der Waals surface area contributed by atoms with Gasteiger partial charge in [-0.05, 0) is 19.0 Å². The van der Waals surface area contributed by atoms with Crippen LogP contribution in [-0.2, 0) is 4.74 Å². The molecule has 58 valence electrons. The van der Waals surface area contributed by atoms with Gasteiger partial charge in [0.05, 0.1) is 6.26 Å². The van der Waals surface area contributed by atoms with Gasteiger partial charge in [0.25, 0.3) is 0 Å². The normalized spacial score (nSPS) is 24.2. The van der Waals surface area contributed by atoms with E-state index in [1.165, 1.54) is 5.57 Å². The van der Waals surface area contributed by atoms with Crippen molar-refractivity contribution in [1.82, 2.24) is 5.32 Å². The first-order chi connectivity index (χ1) is 4.86. The van der Waals surface area contributed by atoms with Crippen LogP contribution in [0.3, 0.4) is 0 Å². The summed E-state index contributed by atoms with van der Waals surface area (Å²) >= 11 is 0.